The standard InChI is InChI=1S/C17H19NO/c18-17(9-12-5-7-16(19)8-6-12)15-10-13-3-1-2-4-14(13)11-15/h1-8,15,17,19H,9-11,18H2. The van der Waals surface area contributed by atoms with Crippen LogP contribution in [0.1, 0.15) is 16.7 Å². The Morgan fingerprint density at radius 2 is 1.58 bits per heavy atom. The van der Waals surface area contributed by atoms with Gasteiger partial charge in [-0.25, -0.2) is 0 Å². The van der Waals surface area contributed by atoms with E-state index in [1.54, 1.807) is 12.1 Å². The zero-order valence-electron chi connectivity index (χ0n) is 10.9. The Balaban J connectivity index is 1.66. The summed E-state index contributed by atoms with van der Waals surface area (Å²) in [6.45, 7) is 0. The average molecular weight is 253 g/mol. The Morgan fingerprint density at radius 3 is 2.16 bits per heavy atom. The van der Waals surface area contributed by atoms with Gasteiger partial charge in [-0.1, -0.05) is 36.4 Å². The van der Waals surface area contributed by atoms with Crippen LogP contribution in [-0.4, -0.2) is 11.1 Å². The van der Waals surface area contributed by atoms with Crippen LogP contribution in [0.2, 0.25) is 0 Å². The number of rotatable bonds is 3. The van der Waals surface area contributed by atoms with Crippen LogP contribution in [0, 0.1) is 5.92 Å². The molecule has 0 radical (unpaired) electrons. The number of phenols is 1. The first-order chi connectivity index (χ1) is 9.22. The molecule has 0 saturated carbocycles. The summed E-state index contributed by atoms with van der Waals surface area (Å²) in [4.78, 5) is 0. The highest BCUT2D eigenvalue weighted by Crippen LogP contribution is 2.29. The summed E-state index contributed by atoms with van der Waals surface area (Å²) in [6.07, 6.45) is 3.06. The van der Waals surface area contributed by atoms with Gasteiger partial charge in [-0.2, -0.15) is 0 Å². The second-order valence-electron chi connectivity index (χ2n) is 5.47. The van der Waals surface area contributed by atoms with Crippen molar-refractivity contribution in [3.05, 3.63) is 65.2 Å². The third kappa shape index (κ3) is 2.64. The maximum atomic E-state index is 9.29. The Kier molecular flexibility index (Phi) is 3.26. The molecule has 0 bridgehead atoms. The van der Waals surface area contributed by atoms with Crippen LogP contribution >= 0.6 is 0 Å². The molecule has 0 aliphatic heterocycles. The predicted molar refractivity (Wildman–Crippen MR) is 77.1 cm³/mol. The Labute approximate surface area is 113 Å². The third-order valence-electron chi connectivity index (χ3n) is 4.10. The van der Waals surface area contributed by atoms with Crippen molar-refractivity contribution in [1.82, 2.24) is 0 Å². The van der Waals surface area contributed by atoms with Crippen molar-refractivity contribution >= 4 is 0 Å². The van der Waals surface area contributed by atoms with Crippen LogP contribution in [0.5, 0.6) is 5.75 Å². The summed E-state index contributed by atoms with van der Waals surface area (Å²) in [5.41, 5.74) is 10.5. The molecule has 2 heteroatoms. The fourth-order valence-electron chi connectivity index (χ4n) is 2.97. The van der Waals surface area contributed by atoms with Gasteiger partial charge in [0.2, 0.25) is 0 Å². The molecule has 0 saturated heterocycles. The molecule has 0 amide bonds. The molecule has 0 aromatic heterocycles. The molecule has 3 N–H and O–H groups in total. The molecular formula is C17H19NO. The Hall–Kier alpha value is -1.80. The Bertz CT molecular complexity index is 537. The lowest BCUT2D eigenvalue weighted by Crippen LogP contribution is -2.32. The van der Waals surface area contributed by atoms with Crippen molar-refractivity contribution in [3.63, 3.8) is 0 Å². The quantitative estimate of drug-likeness (QED) is 0.883. The number of hydrogen-bond donors (Lipinski definition) is 2. The van der Waals surface area contributed by atoms with Gasteiger partial charge in [0, 0.05) is 6.04 Å². The number of benzene rings is 2. The summed E-state index contributed by atoms with van der Waals surface area (Å²) >= 11 is 0. The minimum absolute atomic E-state index is 0.178. The van der Waals surface area contributed by atoms with Gasteiger partial charge in [0.25, 0.3) is 0 Å². The minimum Gasteiger partial charge on any atom is -0.508 e. The smallest absolute Gasteiger partial charge is 0.115 e. The summed E-state index contributed by atoms with van der Waals surface area (Å²) in [7, 11) is 0. The van der Waals surface area contributed by atoms with E-state index >= 15 is 0 Å². The van der Waals surface area contributed by atoms with Crippen LogP contribution in [0.25, 0.3) is 0 Å². The fraction of sp³-hybridized carbons (Fsp3) is 0.294. The molecular weight excluding hydrogens is 234 g/mol. The SMILES string of the molecule is NC(Cc1ccc(O)cc1)C1Cc2ccccc2C1. The monoisotopic (exact) mass is 253 g/mol. The maximum absolute atomic E-state index is 9.29. The molecule has 3 rings (SSSR count). The molecule has 1 atom stereocenters. The van der Waals surface area contributed by atoms with Gasteiger partial charge >= 0.3 is 0 Å². The van der Waals surface area contributed by atoms with Gasteiger partial charge in [0.1, 0.15) is 5.75 Å². The molecule has 19 heavy (non-hydrogen) atoms. The molecule has 2 aromatic carbocycles. The van der Waals surface area contributed by atoms with Gasteiger partial charge in [0.15, 0.2) is 0 Å². The van der Waals surface area contributed by atoms with Crippen LogP contribution in [-0.2, 0) is 19.3 Å². The molecule has 0 spiro atoms. The number of fused-ring (bicyclic) bond motifs is 1. The first-order valence-corrected chi connectivity index (χ1v) is 6.82. The Morgan fingerprint density at radius 1 is 1.00 bits per heavy atom. The molecule has 1 unspecified atom stereocenters. The van der Waals surface area contributed by atoms with Gasteiger partial charge < -0.3 is 10.8 Å². The van der Waals surface area contributed by atoms with E-state index in [4.69, 9.17) is 5.73 Å². The number of aromatic hydroxyl groups is 1. The van der Waals surface area contributed by atoms with Crippen molar-refractivity contribution in [2.45, 2.75) is 25.3 Å². The highest BCUT2D eigenvalue weighted by molar-refractivity contribution is 5.33. The summed E-state index contributed by atoms with van der Waals surface area (Å²) in [6, 6.07) is 16.2. The normalized spacial score (nSPS) is 16.3. The van der Waals surface area contributed by atoms with Crippen molar-refractivity contribution in [2.75, 3.05) is 0 Å². The zero-order chi connectivity index (χ0) is 13.2. The summed E-state index contributed by atoms with van der Waals surface area (Å²) in [5.74, 6) is 0.844. The predicted octanol–water partition coefficient (Wildman–Crippen LogP) is 2.68. The van der Waals surface area contributed by atoms with E-state index in [9.17, 15) is 5.11 Å². The van der Waals surface area contributed by atoms with E-state index < -0.39 is 0 Å². The second kappa shape index (κ2) is 5.06. The second-order valence-corrected chi connectivity index (χ2v) is 5.47. The van der Waals surface area contributed by atoms with E-state index in [1.165, 1.54) is 16.7 Å². The van der Waals surface area contributed by atoms with Gasteiger partial charge in [0.05, 0.1) is 0 Å². The van der Waals surface area contributed by atoms with Crippen molar-refractivity contribution in [2.24, 2.45) is 11.7 Å². The summed E-state index contributed by atoms with van der Waals surface area (Å²) < 4.78 is 0. The first kappa shape index (κ1) is 12.2. The lowest BCUT2D eigenvalue weighted by atomic mass is 9.92. The van der Waals surface area contributed by atoms with Crippen molar-refractivity contribution in [1.29, 1.82) is 0 Å². The maximum Gasteiger partial charge on any atom is 0.115 e. The molecule has 2 nitrogen and oxygen atoms in total. The fourth-order valence-corrected chi connectivity index (χ4v) is 2.97. The topological polar surface area (TPSA) is 46.2 Å². The van der Waals surface area contributed by atoms with Crippen molar-refractivity contribution in [3.8, 4) is 5.75 Å². The highest BCUT2D eigenvalue weighted by Gasteiger charge is 2.26. The van der Waals surface area contributed by atoms with E-state index in [2.05, 4.69) is 24.3 Å². The van der Waals surface area contributed by atoms with Crippen LogP contribution in [0.4, 0.5) is 0 Å². The molecule has 0 fully saturated rings. The number of hydrogen-bond acceptors (Lipinski definition) is 2. The molecule has 1 aliphatic carbocycles. The van der Waals surface area contributed by atoms with Gasteiger partial charge in [-0.05, 0) is 54.0 Å². The molecule has 98 valence electrons. The summed E-state index contributed by atoms with van der Waals surface area (Å²) in [5, 5.41) is 9.29. The molecule has 0 heterocycles. The highest BCUT2D eigenvalue weighted by atomic mass is 16.3. The van der Waals surface area contributed by atoms with Crippen molar-refractivity contribution < 1.29 is 5.11 Å². The largest absolute Gasteiger partial charge is 0.508 e. The van der Waals surface area contributed by atoms with Crippen LogP contribution in [0.15, 0.2) is 48.5 Å². The van der Waals surface area contributed by atoms with Gasteiger partial charge in [-0.3, -0.25) is 0 Å². The van der Waals surface area contributed by atoms with E-state index in [0.29, 0.717) is 11.7 Å². The first-order valence-electron chi connectivity index (χ1n) is 6.82. The minimum atomic E-state index is 0.178. The number of nitrogens with two attached hydrogens (primary N) is 1. The lowest BCUT2D eigenvalue weighted by molar-refractivity contribution is 0.436. The number of phenolic OH excluding ortho intramolecular Hbond substituents is 1. The lowest BCUT2D eigenvalue weighted by Gasteiger charge is -2.19. The van der Waals surface area contributed by atoms with Gasteiger partial charge in [-0.15, -0.1) is 0 Å². The third-order valence-corrected chi connectivity index (χ3v) is 4.10. The van der Waals surface area contributed by atoms with E-state index in [0.717, 1.165) is 19.3 Å². The average Bonchev–Trinajstić information content (AvgIpc) is 2.85. The molecule has 1 aliphatic rings. The zero-order valence-corrected chi connectivity index (χ0v) is 10.9. The van der Waals surface area contributed by atoms with Crippen LogP contribution < -0.4 is 5.73 Å². The van der Waals surface area contributed by atoms with Crippen LogP contribution in [0.3, 0.4) is 0 Å². The van der Waals surface area contributed by atoms with E-state index in [1.807, 2.05) is 12.1 Å². The molecule has 2 aromatic rings. The van der Waals surface area contributed by atoms with E-state index in [-0.39, 0.29) is 6.04 Å².